The van der Waals surface area contributed by atoms with Crippen molar-refractivity contribution >= 4 is 51.9 Å². The van der Waals surface area contributed by atoms with E-state index in [-0.39, 0.29) is 5.11 Å². The Morgan fingerprint density at radius 1 is 1.10 bits per heavy atom. The van der Waals surface area contributed by atoms with Crippen molar-refractivity contribution in [2.24, 2.45) is 0 Å². The van der Waals surface area contributed by atoms with E-state index in [4.69, 9.17) is 40.2 Å². The van der Waals surface area contributed by atoms with E-state index in [1.54, 1.807) is 18.2 Å². The molecule has 3 nitrogen and oxygen atoms in total. The number of ether oxygens (including phenoxy) is 1. The Labute approximate surface area is 137 Å². The second kappa shape index (κ2) is 6.93. The zero-order valence-electron chi connectivity index (χ0n) is 10.9. The van der Waals surface area contributed by atoms with Crippen molar-refractivity contribution in [3.8, 4) is 5.75 Å². The number of hydrogen-bond donors (Lipinski definition) is 2. The van der Waals surface area contributed by atoms with E-state index in [0.717, 1.165) is 0 Å². The highest BCUT2D eigenvalue weighted by Gasteiger charge is 2.08. The van der Waals surface area contributed by atoms with E-state index < -0.39 is 5.82 Å². The maximum Gasteiger partial charge on any atom is 0.175 e. The molecule has 0 fully saturated rings. The van der Waals surface area contributed by atoms with E-state index in [1.165, 1.54) is 25.3 Å². The summed E-state index contributed by atoms with van der Waals surface area (Å²) in [6, 6.07) is 9.05. The Hall–Kier alpha value is -1.56. The van der Waals surface area contributed by atoms with E-state index in [9.17, 15) is 4.39 Å². The molecule has 2 N–H and O–H groups in total. The summed E-state index contributed by atoms with van der Waals surface area (Å²) >= 11 is 17.1. The molecular weight excluding hydrogens is 334 g/mol. The molecular formula is C14H11Cl2FN2OS. The summed E-state index contributed by atoms with van der Waals surface area (Å²) in [7, 11) is 1.54. The third-order valence-corrected chi connectivity index (χ3v) is 3.36. The molecule has 7 heteroatoms. The molecule has 0 aliphatic rings. The van der Waals surface area contributed by atoms with Crippen LogP contribution in [0.4, 0.5) is 15.8 Å². The van der Waals surface area contributed by atoms with E-state index in [2.05, 4.69) is 10.6 Å². The number of anilines is 2. The van der Waals surface area contributed by atoms with Crippen molar-refractivity contribution < 1.29 is 9.13 Å². The zero-order chi connectivity index (χ0) is 15.4. The number of rotatable bonds is 3. The van der Waals surface area contributed by atoms with Gasteiger partial charge in [-0.3, -0.25) is 0 Å². The largest absolute Gasteiger partial charge is 0.495 e. The van der Waals surface area contributed by atoms with Gasteiger partial charge < -0.3 is 15.4 Å². The average molecular weight is 345 g/mol. The molecule has 21 heavy (non-hydrogen) atoms. The smallest absolute Gasteiger partial charge is 0.175 e. The first-order chi connectivity index (χ1) is 9.99. The first kappa shape index (κ1) is 15.8. The lowest BCUT2D eigenvalue weighted by atomic mass is 10.3. The minimum atomic E-state index is -0.412. The van der Waals surface area contributed by atoms with Crippen LogP contribution in [0.2, 0.25) is 10.0 Å². The fourth-order valence-electron chi connectivity index (χ4n) is 1.65. The number of hydrogen-bond acceptors (Lipinski definition) is 2. The van der Waals surface area contributed by atoms with Gasteiger partial charge in [0.25, 0.3) is 0 Å². The summed E-state index contributed by atoms with van der Waals surface area (Å²) in [5.41, 5.74) is 0.963. The minimum absolute atomic E-state index is 0.239. The fraction of sp³-hybridized carbons (Fsp3) is 0.0714. The normalized spacial score (nSPS) is 10.1. The predicted molar refractivity (Wildman–Crippen MR) is 89.3 cm³/mol. The van der Waals surface area contributed by atoms with Gasteiger partial charge in [0, 0.05) is 5.02 Å². The van der Waals surface area contributed by atoms with E-state index >= 15 is 0 Å². The van der Waals surface area contributed by atoms with Crippen molar-refractivity contribution in [3.05, 3.63) is 52.3 Å². The average Bonchev–Trinajstić information content (AvgIpc) is 2.43. The molecule has 2 rings (SSSR count). The predicted octanol–water partition coefficient (Wildman–Crippen LogP) is 4.95. The first-order valence-corrected chi connectivity index (χ1v) is 7.02. The van der Waals surface area contributed by atoms with Crippen LogP contribution in [0.1, 0.15) is 0 Å². The monoisotopic (exact) mass is 344 g/mol. The molecule has 0 saturated heterocycles. The molecule has 0 spiro atoms. The zero-order valence-corrected chi connectivity index (χ0v) is 13.2. The number of thiocarbonyl (C=S) groups is 1. The molecule has 0 amide bonds. The summed E-state index contributed by atoms with van der Waals surface area (Å²) < 4.78 is 18.4. The first-order valence-electron chi connectivity index (χ1n) is 5.86. The number of halogens is 3. The third-order valence-electron chi connectivity index (χ3n) is 2.59. The molecule has 0 radical (unpaired) electrons. The molecule has 0 aliphatic carbocycles. The standard InChI is InChI=1S/C14H11Cl2FN2OS/c1-20-13-5-2-8(15)6-12(13)19-14(21)18-11-7-9(17)3-4-10(11)16/h2-7H,1H3,(H2,18,19,21). The lowest BCUT2D eigenvalue weighted by Crippen LogP contribution is -2.19. The summed E-state index contributed by atoms with van der Waals surface area (Å²) in [6.07, 6.45) is 0. The third kappa shape index (κ3) is 4.20. The van der Waals surface area contributed by atoms with Gasteiger partial charge in [0.15, 0.2) is 5.11 Å². The minimum Gasteiger partial charge on any atom is -0.495 e. The Morgan fingerprint density at radius 3 is 2.52 bits per heavy atom. The second-order valence-corrected chi connectivity index (χ2v) is 5.30. The van der Waals surface area contributed by atoms with Gasteiger partial charge in [-0.05, 0) is 48.6 Å². The highest BCUT2D eigenvalue weighted by atomic mass is 35.5. The molecule has 0 saturated carbocycles. The fourth-order valence-corrected chi connectivity index (χ4v) is 2.20. The lowest BCUT2D eigenvalue weighted by molar-refractivity contribution is 0.417. The van der Waals surface area contributed by atoms with Gasteiger partial charge in [0.05, 0.1) is 23.5 Å². The summed E-state index contributed by atoms with van der Waals surface area (Å²) in [4.78, 5) is 0. The van der Waals surface area contributed by atoms with Gasteiger partial charge in [-0.2, -0.15) is 0 Å². The Kier molecular flexibility index (Phi) is 5.22. The number of benzene rings is 2. The highest BCUT2D eigenvalue weighted by molar-refractivity contribution is 7.80. The molecule has 0 bridgehead atoms. The molecule has 110 valence electrons. The van der Waals surface area contributed by atoms with Crippen LogP contribution < -0.4 is 15.4 Å². The Balaban J connectivity index is 2.15. The quantitative estimate of drug-likeness (QED) is 0.771. The van der Waals surface area contributed by atoms with Crippen molar-refractivity contribution in [1.29, 1.82) is 0 Å². The van der Waals surface area contributed by atoms with Gasteiger partial charge in [-0.25, -0.2) is 4.39 Å². The van der Waals surface area contributed by atoms with Crippen molar-refractivity contribution in [2.45, 2.75) is 0 Å². The lowest BCUT2D eigenvalue weighted by Gasteiger charge is -2.14. The Bertz CT molecular complexity index is 682. The van der Waals surface area contributed by atoms with E-state index in [1.807, 2.05) is 0 Å². The molecule has 0 unspecified atom stereocenters. The summed E-state index contributed by atoms with van der Waals surface area (Å²) in [6.45, 7) is 0. The Morgan fingerprint density at radius 2 is 1.81 bits per heavy atom. The van der Waals surface area contributed by atoms with Gasteiger partial charge in [-0.1, -0.05) is 23.2 Å². The number of nitrogens with one attached hydrogen (secondary N) is 2. The van der Waals surface area contributed by atoms with Crippen LogP contribution in [0.3, 0.4) is 0 Å². The molecule has 0 aromatic heterocycles. The maximum absolute atomic E-state index is 13.2. The summed E-state index contributed by atoms with van der Waals surface area (Å²) in [5.74, 6) is 0.166. The van der Waals surface area contributed by atoms with Crippen molar-refractivity contribution in [1.82, 2.24) is 0 Å². The highest BCUT2D eigenvalue weighted by Crippen LogP contribution is 2.28. The van der Waals surface area contributed by atoms with Crippen LogP contribution in [-0.4, -0.2) is 12.2 Å². The van der Waals surface area contributed by atoms with Crippen LogP contribution >= 0.6 is 35.4 Å². The van der Waals surface area contributed by atoms with Crippen LogP contribution in [0.25, 0.3) is 0 Å². The maximum atomic E-state index is 13.2. The van der Waals surface area contributed by atoms with Crippen LogP contribution in [0, 0.1) is 5.82 Å². The SMILES string of the molecule is COc1ccc(Cl)cc1NC(=S)Nc1cc(F)ccc1Cl. The van der Waals surface area contributed by atoms with Gasteiger partial charge >= 0.3 is 0 Å². The van der Waals surface area contributed by atoms with Gasteiger partial charge in [0.1, 0.15) is 11.6 Å². The second-order valence-electron chi connectivity index (χ2n) is 4.05. The van der Waals surface area contributed by atoms with Crippen molar-refractivity contribution in [2.75, 3.05) is 17.7 Å². The van der Waals surface area contributed by atoms with E-state index in [0.29, 0.717) is 27.2 Å². The topological polar surface area (TPSA) is 33.3 Å². The van der Waals surface area contributed by atoms with Gasteiger partial charge in [-0.15, -0.1) is 0 Å². The molecule has 2 aromatic rings. The molecule has 0 heterocycles. The molecule has 2 aromatic carbocycles. The van der Waals surface area contributed by atoms with Crippen molar-refractivity contribution in [3.63, 3.8) is 0 Å². The van der Waals surface area contributed by atoms with Crippen LogP contribution in [0.15, 0.2) is 36.4 Å². The number of methoxy groups -OCH3 is 1. The summed E-state index contributed by atoms with van der Waals surface area (Å²) in [5, 5.41) is 6.88. The molecule has 0 atom stereocenters. The molecule has 0 aliphatic heterocycles. The van der Waals surface area contributed by atoms with Gasteiger partial charge in [0.2, 0.25) is 0 Å². The van der Waals surface area contributed by atoms with Crippen LogP contribution in [-0.2, 0) is 0 Å². The van der Waals surface area contributed by atoms with Crippen LogP contribution in [0.5, 0.6) is 5.75 Å².